The number of amides is 1. The Hall–Kier alpha value is -2.73. The SMILES string of the molecule is Cc1ccc(C(=O)N2CCN(Cc3[nH]nc4ccccc34)CC2)cc1F. The van der Waals surface area contributed by atoms with E-state index in [2.05, 4.69) is 21.2 Å². The molecule has 6 heteroatoms. The highest BCUT2D eigenvalue weighted by Gasteiger charge is 2.23. The maximum Gasteiger partial charge on any atom is 0.254 e. The molecule has 1 amide bonds. The summed E-state index contributed by atoms with van der Waals surface area (Å²) >= 11 is 0. The number of nitrogens with zero attached hydrogens (tertiary/aromatic N) is 3. The lowest BCUT2D eigenvalue weighted by molar-refractivity contribution is 0.0627. The van der Waals surface area contributed by atoms with E-state index in [1.807, 2.05) is 18.2 Å². The van der Waals surface area contributed by atoms with Crippen LogP contribution in [0.25, 0.3) is 10.9 Å². The highest BCUT2D eigenvalue weighted by atomic mass is 19.1. The number of fused-ring (bicyclic) bond motifs is 1. The summed E-state index contributed by atoms with van der Waals surface area (Å²) in [4.78, 5) is 16.7. The lowest BCUT2D eigenvalue weighted by Crippen LogP contribution is -2.48. The zero-order valence-corrected chi connectivity index (χ0v) is 14.7. The number of carbonyl (C=O) groups is 1. The van der Waals surface area contributed by atoms with E-state index in [0.29, 0.717) is 24.2 Å². The molecule has 1 N–H and O–H groups in total. The van der Waals surface area contributed by atoms with Crippen LogP contribution in [0.4, 0.5) is 4.39 Å². The van der Waals surface area contributed by atoms with Gasteiger partial charge in [-0.3, -0.25) is 14.8 Å². The van der Waals surface area contributed by atoms with Gasteiger partial charge in [-0.25, -0.2) is 4.39 Å². The number of hydrogen-bond donors (Lipinski definition) is 1. The molecule has 0 saturated carbocycles. The van der Waals surface area contributed by atoms with Crippen LogP contribution in [0.2, 0.25) is 0 Å². The Kier molecular flexibility index (Phi) is 4.42. The topological polar surface area (TPSA) is 52.2 Å². The maximum atomic E-state index is 13.7. The first-order valence-electron chi connectivity index (χ1n) is 8.81. The predicted molar refractivity (Wildman–Crippen MR) is 98.4 cm³/mol. The molecule has 1 aliphatic rings. The van der Waals surface area contributed by atoms with E-state index in [0.717, 1.165) is 36.2 Å². The van der Waals surface area contributed by atoms with Gasteiger partial charge >= 0.3 is 0 Å². The Morgan fingerprint density at radius 1 is 1.15 bits per heavy atom. The van der Waals surface area contributed by atoms with Crippen molar-refractivity contribution in [3.63, 3.8) is 0 Å². The maximum absolute atomic E-state index is 13.7. The predicted octanol–water partition coefficient (Wildman–Crippen LogP) is 2.97. The molecule has 0 radical (unpaired) electrons. The number of H-pyrrole nitrogens is 1. The molecule has 1 aliphatic heterocycles. The number of aromatic amines is 1. The first-order valence-corrected chi connectivity index (χ1v) is 8.81. The van der Waals surface area contributed by atoms with Gasteiger partial charge in [-0.05, 0) is 30.7 Å². The molecule has 134 valence electrons. The molecule has 2 heterocycles. The molecular weight excluding hydrogens is 331 g/mol. The van der Waals surface area contributed by atoms with Gasteiger partial charge < -0.3 is 4.90 Å². The van der Waals surface area contributed by atoms with E-state index in [4.69, 9.17) is 0 Å². The fourth-order valence-electron chi connectivity index (χ4n) is 3.38. The molecule has 0 aliphatic carbocycles. The van der Waals surface area contributed by atoms with Crippen LogP contribution < -0.4 is 0 Å². The number of piperazine rings is 1. The van der Waals surface area contributed by atoms with Gasteiger partial charge in [0.2, 0.25) is 0 Å². The summed E-state index contributed by atoms with van der Waals surface area (Å²) in [5, 5.41) is 8.59. The summed E-state index contributed by atoms with van der Waals surface area (Å²) in [5.41, 5.74) is 3.04. The molecule has 0 unspecified atom stereocenters. The molecule has 1 aromatic heterocycles. The van der Waals surface area contributed by atoms with Crippen molar-refractivity contribution >= 4 is 16.8 Å². The van der Waals surface area contributed by atoms with Gasteiger partial charge in [0.1, 0.15) is 5.82 Å². The second-order valence-corrected chi connectivity index (χ2v) is 6.75. The molecule has 0 atom stereocenters. The van der Waals surface area contributed by atoms with Crippen molar-refractivity contribution in [1.82, 2.24) is 20.0 Å². The number of hydrogen-bond acceptors (Lipinski definition) is 3. The third-order valence-electron chi connectivity index (χ3n) is 5.00. The molecule has 2 aromatic carbocycles. The molecule has 0 bridgehead atoms. The summed E-state index contributed by atoms with van der Waals surface area (Å²) < 4.78 is 13.7. The van der Waals surface area contributed by atoms with Crippen molar-refractivity contribution in [2.45, 2.75) is 13.5 Å². The van der Waals surface area contributed by atoms with Crippen molar-refractivity contribution in [3.8, 4) is 0 Å². The third-order valence-corrected chi connectivity index (χ3v) is 5.00. The summed E-state index contributed by atoms with van der Waals surface area (Å²) in [6, 6.07) is 12.7. The molecule has 1 fully saturated rings. The van der Waals surface area contributed by atoms with Crippen molar-refractivity contribution < 1.29 is 9.18 Å². The average Bonchev–Trinajstić information content (AvgIpc) is 3.07. The quantitative estimate of drug-likeness (QED) is 0.788. The zero-order chi connectivity index (χ0) is 18.1. The van der Waals surface area contributed by atoms with Gasteiger partial charge in [0.05, 0.1) is 11.2 Å². The monoisotopic (exact) mass is 352 g/mol. The Bertz CT molecular complexity index is 944. The Balaban J connectivity index is 1.39. The van der Waals surface area contributed by atoms with Crippen molar-refractivity contribution in [1.29, 1.82) is 0 Å². The van der Waals surface area contributed by atoms with Crippen LogP contribution in [0.1, 0.15) is 21.6 Å². The molecule has 5 nitrogen and oxygen atoms in total. The standard InChI is InChI=1S/C20H21FN4O/c1-14-6-7-15(12-17(14)21)20(26)25-10-8-24(9-11-25)13-19-16-4-2-3-5-18(16)22-23-19/h2-7,12H,8-11,13H2,1H3,(H,22,23). The Morgan fingerprint density at radius 3 is 2.69 bits per heavy atom. The summed E-state index contributed by atoms with van der Waals surface area (Å²) in [5.74, 6) is -0.434. The molecule has 4 rings (SSSR count). The van der Waals surface area contributed by atoms with Gasteiger partial charge in [-0.15, -0.1) is 0 Å². The number of aromatic nitrogens is 2. The van der Waals surface area contributed by atoms with E-state index in [-0.39, 0.29) is 11.7 Å². The normalized spacial score (nSPS) is 15.5. The summed E-state index contributed by atoms with van der Waals surface area (Å²) in [7, 11) is 0. The fraction of sp³-hybridized carbons (Fsp3) is 0.300. The number of benzene rings is 2. The van der Waals surface area contributed by atoms with Crippen LogP contribution in [0.3, 0.4) is 0 Å². The van der Waals surface area contributed by atoms with Gasteiger partial charge in [0.15, 0.2) is 0 Å². The Labute approximate surface area is 151 Å². The van der Waals surface area contributed by atoms with Gasteiger partial charge in [-0.1, -0.05) is 24.3 Å². The smallest absolute Gasteiger partial charge is 0.254 e. The van der Waals surface area contributed by atoms with Crippen molar-refractivity contribution in [2.75, 3.05) is 26.2 Å². The lowest BCUT2D eigenvalue weighted by Gasteiger charge is -2.34. The number of rotatable bonds is 3. The van der Waals surface area contributed by atoms with Crippen LogP contribution in [-0.4, -0.2) is 52.1 Å². The molecule has 0 spiro atoms. The van der Waals surface area contributed by atoms with E-state index < -0.39 is 0 Å². The lowest BCUT2D eigenvalue weighted by atomic mass is 10.1. The third kappa shape index (κ3) is 3.20. The second kappa shape index (κ2) is 6.88. The van der Waals surface area contributed by atoms with E-state index in [1.165, 1.54) is 6.07 Å². The highest BCUT2D eigenvalue weighted by molar-refractivity contribution is 5.94. The van der Waals surface area contributed by atoms with Gasteiger partial charge in [-0.2, -0.15) is 5.10 Å². The minimum atomic E-state index is -0.333. The number of carbonyl (C=O) groups excluding carboxylic acids is 1. The van der Waals surface area contributed by atoms with Crippen LogP contribution in [-0.2, 0) is 6.54 Å². The van der Waals surface area contributed by atoms with Gasteiger partial charge in [0, 0.05) is 43.7 Å². The van der Waals surface area contributed by atoms with Crippen LogP contribution in [0.15, 0.2) is 42.5 Å². The number of para-hydroxylation sites is 1. The number of nitrogens with one attached hydrogen (secondary N) is 1. The summed E-state index contributed by atoms with van der Waals surface area (Å²) in [6.45, 7) is 5.32. The molecule has 26 heavy (non-hydrogen) atoms. The van der Waals surface area contributed by atoms with E-state index in [9.17, 15) is 9.18 Å². The van der Waals surface area contributed by atoms with Crippen LogP contribution >= 0.6 is 0 Å². The summed E-state index contributed by atoms with van der Waals surface area (Å²) in [6.07, 6.45) is 0. The van der Waals surface area contributed by atoms with Crippen molar-refractivity contribution in [3.05, 3.63) is 65.1 Å². The minimum absolute atomic E-state index is 0.101. The molecular formula is C20H21FN4O. The highest BCUT2D eigenvalue weighted by Crippen LogP contribution is 2.18. The molecule has 1 saturated heterocycles. The van der Waals surface area contributed by atoms with Gasteiger partial charge in [0.25, 0.3) is 5.91 Å². The van der Waals surface area contributed by atoms with Crippen LogP contribution in [0.5, 0.6) is 0 Å². The first kappa shape index (κ1) is 16.7. The number of halogens is 1. The zero-order valence-electron chi connectivity index (χ0n) is 14.7. The second-order valence-electron chi connectivity index (χ2n) is 6.75. The Morgan fingerprint density at radius 2 is 1.92 bits per heavy atom. The first-order chi connectivity index (χ1) is 12.6. The number of aryl methyl sites for hydroxylation is 1. The average molecular weight is 352 g/mol. The largest absolute Gasteiger partial charge is 0.336 e. The fourth-order valence-corrected chi connectivity index (χ4v) is 3.38. The van der Waals surface area contributed by atoms with E-state index in [1.54, 1.807) is 24.0 Å². The minimum Gasteiger partial charge on any atom is -0.336 e. The van der Waals surface area contributed by atoms with Crippen LogP contribution in [0, 0.1) is 12.7 Å². The van der Waals surface area contributed by atoms with E-state index >= 15 is 0 Å². The molecule has 3 aromatic rings. The van der Waals surface area contributed by atoms with Crippen molar-refractivity contribution in [2.24, 2.45) is 0 Å².